The van der Waals surface area contributed by atoms with Crippen molar-refractivity contribution in [2.45, 2.75) is 19.1 Å². The van der Waals surface area contributed by atoms with Crippen LogP contribution in [0.15, 0.2) is 78.9 Å². The molecule has 0 aliphatic carbocycles. The van der Waals surface area contributed by atoms with Crippen LogP contribution in [0, 0.1) is 0 Å². The van der Waals surface area contributed by atoms with Gasteiger partial charge in [-0.15, -0.1) is 0 Å². The summed E-state index contributed by atoms with van der Waals surface area (Å²) < 4.78 is 1.88. The normalized spacial score (nSPS) is 11.6. The number of aryl methyl sites for hydroxylation is 1. The predicted molar refractivity (Wildman–Crippen MR) is 107 cm³/mol. The first-order chi connectivity index (χ1) is 13.6. The van der Waals surface area contributed by atoms with E-state index >= 15 is 0 Å². The van der Waals surface area contributed by atoms with Gasteiger partial charge in [0.05, 0.1) is 16.6 Å². The van der Waals surface area contributed by atoms with E-state index in [1.807, 2.05) is 72.2 Å². The lowest BCUT2D eigenvalue weighted by molar-refractivity contribution is 0.0697. The Bertz CT molecular complexity index is 1100. The molecule has 0 aliphatic rings. The van der Waals surface area contributed by atoms with Gasteiger partial charge in [0.15, 0.2) is 11.4 Å². The standard InChI is InChI=1S/C23H20N2O3/c1-2-25-20-15-16(21(26)27)13-14-19(20)24-22(25)23(28,17-9-5-3-6-10-17)18-11-7-4-8-12-18/h3-15,28H,2H2,1H3,(H,26,27). The van der Waals surface area contributed by atoms with Crippen LogP contribution in [0.4, 0.5) is 0 Å². The molecule has 0 atom stereocenters. The number of hydrogen-bond acceptors (Lipinski definition) is 3. The van der Waals surface area contributed by atoms with Gasteiger partial charge >= 0.3 is 5.97 Å². The zero-order valence-electron chi connectivity index (χ0n) is 15.4. The van der Waals surface area contributed by atoms with Crippen LogP contribution in [0.3, 0.4) is 0 Å². The van der Waals surface area contributed by atoms with E-state index in [9.17, 15) is 15.0 Å². The van der Waals surface area contributed by atoms with Crippen molar-refractivity contribution in [3.05, 3.63) is 101 Å². The monoisotopic (exact) mass is 372 g/mol. The third kappa shape index (κ3) is 2.77. The number of nitrogens with zero attached hydrogens (tertiary/aromatic N) is 2. The molecule has 0 saturated carbocycles. The second-order valence-corrected chi connectivity index (χ2v) is 6.63. The lowest BCUT2D eigenvalue weighted by atomic mass is 9.85. The van der Waals surface area contributed by atoms with E-state index in [2.05, 4.69) is 0 Å². The fourth-order valence-corrected chi connectivity index (χ4v) is 3.64. The van der Waals surface area contributed by atoms with Crippen molar-refractivity contribution in [1.82, 2.24) is 9.55 Å². The van der Waals surface area contributed by atoms with Crippen LogP contribution in [-0.2, 0) is 12.1 Å². The summed E-state index contributed by atoms with van der Waals surface area (Å²) in [6.07, 6.45) is 0. The third-order valence-electron chi connectivity index (χ3n) is 5.02. The lowest BCUT2D eigenvalue weighted by Crippen LogP contribution is -2.32. The van der Waals surface area contributed by atoms with Gasteiger partial charge in [-0.1, -0.05) is 60.7 Å². The molecule has 0 aliphatic heterocycles. The van der Waals surface area contributed by atoms with Gasteiger partial charge in [0.1, 0.15) is 0 Å². The van der Waals surface area contributed by atoms with Crippen LogP contribution in [0.1, 0.15) is 34.2 Å². The second-order valence-electron chi connectivity index (χ2n) is 6.63. The Morgan fingerprint density at radius 3 is 2.04 bits per heavy atom. The van der Waals surface area contributed by atoms with Crippen LogP contribution < -0.4 is 0 Å². The van der Waals surface area contributed by atoms with E-state index < -0.39 is 11.6 Å². The molecular weight excluding hydrogens is 352 g/mol. The summed E-state index contributed by atoms with van der Waals surface area (Å²) >= 11 is 0. The molecular formula is C23H20N2O3. The van der Waals surface area contributed by atoms with Crippen LogP contribution >= 0.6 is 0 Å². The molecule has 1 aromatic heterocycles. The Balaban J connectivity index is 2.05. The molecule has 4 aromatic rings. The maximum Gasteiger partial charge on any atom is 0.335 e. The molecule has 4 rings (SSSR count). The predicted octanol–water partition coefficient (Wildman–Crippen LogP) is 4.04. The quantitative estimate of drug-likeness (QED) is 0.554. The van der Waals surface area contributed by atoms with Crippen LogP contribution in [0.5, 0.6) is 0 Å². The molecule has 0 saturated heterocycles. The van der Waals surface area contributed by atoms with Gasteiger partial charge in [-0.2, -0.15) is 0 Å². The molecule has 2 N–H and O–H groups in total. The van der Waals surface area contributed by atoms with Crippen LogP contribution in [0.2, 0.25) is 0 Å². The Kier molecular flexibility index (Phi) is 4.45. The Hall–Kier alpha value is -3.44. The number of aliphatic hydroxyl groups is 1. The Labute approximate surface area is 162 Å². The Morgan fingerprint density at radius 2 is 1.54 bits per heavy atom. The number of fused-ring (bicyclic) bond motifs is 1. The van der Waals surface area contributed by atoms with Crippen molar-refractivity contribution in [1.29, 1.82) is 0 Å². The number of imidazole rings is 1. The number of rotatable bonds is 5. The molecule has 1 heterocycles. The highest BCUT2D eigenvalue weighted by molar-refractivity contribution is 5.92. The number of aromatic carboxylic acids is 1. The highest BCUT2D eigenvalue weighted by Crippen LogP contribution is 2.37. The molecule has 5 heteroatoms. The summed E-state index contributed by atoms with van der Waals surface area (Å²) in [6, 6.07) is 23.6. The molecule has 0 bridgehead atoms. The summed E-state index contributed by atoms with van der Waals surface area (Å²) in [4.78, 5) is 16.1. The van der Waals surface area contributed by atoms with Crippen molar-refractivity contribution in [2.75, 3.05) is 0 Å². The van der Waals surface area contributed by atoms with Crippen LogP contribution in [0.25, 0.3) is 11.0 Å². The van der Waals surface area contributed by atoms with E-state index in [0.29, 0.717) is 34.5 Å². The van der Waals surface area contributed by atoms with E-state index in [1.54, 1.807) is 12.1 Å². The third-order valence-corrected chi connectivity index (χ3v) is 5.02. The minimum absolute atomic E-state index is 0.191. The van der Waals surface area contributed by atoms with Gasteiger partial charge in [-0.05, 0) is 36.2 Å². The molecule has 28 heavy (non-hydrogen) atoms. The van der Waals surface area contributed by atoms with Gasteiger partial charge in [-0.3, -0.25) is 0 Å². The SMILES string of the molecule is CCn1c(C(O)(c2ccccc2)c2ccccc2)nc2ccc(C(=O)O)cc21. The van der Waals surface area contributed by atoms with Crippen molar-refractivity contribution >= 4 is 17.0 Å². The van der Waals surface area contributed by atoms with E-state index in [-0.39, 0.29) is 5.56 Å². The van der Waals surface area contributed by atoms with Crippen molar-refractivity contribution < 1.29 is 15.0 Å². The van der Waals surface area contributed by atoms with Crippen molar-refractivity contribution in [3.8, 4) is 0 Å². The molecule has 0 unspecified atom stereocenters. The molecule has 0 radical (unpaired) electrons. The average Bonchev–Trinajstić information content (AvgIpc) is 3.12. The molecule has 3 aromatic carbocycles. The molecule has 0 amide bonds. The minimum Gasteiger partial charge on any atom is -0.478 e. The van der Waals surface area contributed by atoms with Gasteiger partial charge in [-0.25, -0.2) is 9.78 Å². The molecule has 5 nitrogen and oxygen atoms in total. The Morgan fingerprint density at radius 1 is 0.964 bits per heavy atom. The van der Waals surface area contributed by atoms with Crippen LogP contribution in [-0.4, -0.2) is 25.7 Å². The number of carboxylic acids is 1. The van der Waals surface area contributed by atoms with Gasteiger partial charge in [0.25, 0.3) is 0 Å². The number of aromatic nitrogens is 2. The summed E-state index contributed by atoms with van der Waals surface area (Å²) in [5, 5.41) is 21.4. The van der Waals surface area contributed by atoms with E-state index in [0.717, 1.165) is 0 Å². The average molecular weight is 372 g/mol. The van der Waals surface area contributed by atoms with E-state index in [1.165, 1.54) is 6.07 Å². The molecule has 0 spiro atoms. The summed E-state index contributed by atoms with van der Waals surface area (Å²) in [5.74, 6) is -0.529. The molecule has 0 fully saturated rings. The van der Waals surface area contributed by atoms with E-state index in [4.69, 9.17) is 4.98 Å². The number of carboxylic acid groups (broad SMARTS) is 1. The maximum atomic E-state index is 12.0. The zero-order chi connectivity index (χ0) is 19.7. The maximum absolute atomic E-state index is 12.0. The number of carbonyl (C=O) groups is 1. The zero-order valence-corrected chi connectivity index (χ0v) is 15.4. The smallest absolute Gasteiger partial charge is 0.335 e. The summed E-state index contributed by atoms with van der Waals surface area (Å²) in [7, 11) is 0. The number of benzene rings is 3. The van der Waals surface area contributed by atoms with Gasteiger partial charge in [0, 0.05) is 6.54 Å². The highest BCUT2D eigenvalue weighted by atomic mass is 16.4. The first kappa shape index (κ1) is 17.9. The largest absolute Gasteiger partial charge is 0.478 e. The first-order valence-corrected chi connectivity index (χ1v) is 9.13. The van der Waals surface area contributed by atoms with Crippen molar-refractivity contribution in [2.24, 2.45) is 0 Å². The second kappa shape index (κ2) is 6.94. The van der Waals surface area contributed by atoms with Gasteiger partial charge < -0.3 is 14.8 Å². The summed E-state index contributed by atoms with van der Waals surface area (Å²) in [5.41, 5.74) is 1.45. The highest BCUT2D eigenvalue weighted by Gasteiger charge is 2.38. The molecule has 140 valence electrons. The minimum atomic E-state index is -1.47. The topological polar surface area (TPSA) is 75.3 Å². The fraction of sp³-hybridized carbons (Fsp3) is 0.130. The number of hydrogen-bond donors (Lipinski definition) is 2. The van der Waals surface area contributed by atoms with Gasteiger partial charge in [0.2, 0.25) is 0 Å². The first-order valence-electron chi connectivity index (χ1n) is 9.13. The fourth-order valence-electron chi connectivity index (χ4n) is 3.64. The lowest BCUT2D eigenvalue weighted by Gasteiger charge is -2.29. The summed E-state index contributed by atoms with van der Waals surface area (Å²) in [6.45, 7) is 2.49. The van der Waals surface area contributed by atoms with Crippen molar-refractivity contribution in [3.63, 3.8) is 0 Å².